The maximum atomic E-state index is 12.4. The van der Waals surface area contributed by atoms with Gasteiger partial charge in [0.05, 0.1) is 12.6 Å². The number of carbonyl (C=O) groups is 1. The number of nitrogens with zero attached hydrogens (tertiary/aromatic N) is 1. The van der Waals surface area contributed by atoms with Crippen LogP contribution in [-0.4, -0.2) is 29.5 Å². The molecule has 1 N–H and O–H groups in total. The lowest BCUT2D eigenvalue weighted by Crippen LogP contribution is -2.45. The Morgan fingerprint density at radius 3 is 2.52 bits per heavy atom. The summed E-state index contributed by atoms with van der Waals surface area (Å²) >= 11 is 5.44. The van der Waals surface area contributed by atoms with E-state index in [-0.39, 0.29) is 11.8 Å². The summed E-state index contributed by atoms with van der Waals surface area (Å²) in [6.07, 6.45) is 0. The summed E-state index contributed by atoms with van der Waals surface area (Å²) in [6.45, 7) is 6.39. The van der Waals surface area contributed by atoms with Crippen molar-refractivity contribution in [2.24, 2.45) is 0 Å². The first-order valence-corrected chi connectivity index (χ1v) is 10.0. The van der Waals surface area contributed by atoms with Crippen molar-refractivity contribution in [1.29, 1.82) is 0 Å². The van der Waals surface area contributed by atoms with Crippen molar-refractivity contribution in [3.05, 3.63) is 70.9 Å². The van der Waals surface area contributed by atoms with Crippen LogP contribution in [0.3, 0.4) is 0 Å². The van der Waals surface area contributed by atoms with Gasteiger partial charge < -0.3 is 19.7 Å². The first-order chi connectivity index (χ1) is 13.9. The van der Waals surface area contributed by atoms with Gasteiger partial charge in [-0.25, -0.2) is 0 Å². The monoisotopic (exact) mass is 410 g/mol. The lowest BCUT2D eigenvalue weighted by Gasteiger charge is -2.35. The number of rotatable bonds is 7. The topological polar surface area (TPSA) is 50.8 Å². The number of ether oxygens (including phenoxy) is 2. The number of Topliss-reactive ketones (excluding diaryl/α,β-unsaturated/α-hetero) is 1. The molecule has 0 aromatic heterocycles. The fraction of sp³-hybridized carbons (Fsp3) is 0.304. The normalized spacial score (nSPS) is 16.5. The lowest BCUT2D eigenvalue weighted by molar-refractivity contribution is -0.114. The second-order valence-electron chi connectivity index (χ2n) is 6.91. The average Bonchev–Trinajstić information content (AvgIpc) is 2.71. The smallest absolute Gasteiger partial charge is 0.173 e. The summed E-state index contributed by atoms with van der Waals surface area (Å²) in [5, 5.41) is 3.86. The molecule has 2 aromatic rings. The Bertz CT molecular complexity index is 940. The number of hydrogen-bond acceptors (Lipinski definition) is 4. The SMILES string of the molecule is CCOc1cc([C@H]2NC(=S)N(C)C(C)=C2C(C)=O)ccc1OCc1ccccc1. The quantitative estimate of drug-likeness (QED) is 0.684. The predicted octanol–water partition coefficient (Wildman–Crippen LogP) is 4.39. The Morgan fingerprint density at radius 1 is 1.14 bits per heavy atom. The van der Waals surface area contributed by atoms with Crippen LogP contribution in [0.25, 0.3) is 0 Å². The van der Waals surface area contributed by atoms with Crippen molar-refractivity contribution >= 4 is 23.1 Å². The van der Waals surface area contributed by atoms with E-state index in [1.807, 2.05) is 74.3 Å². The zero-order chi connectivity index (χ0) is 21.0. The molecule has 0 spiro atoms. The number of hydrogen-bond donors (Lipinski definition) is 1. The molecule has 1 atom stereocenters. The van der Waals surface area contributed by atoms with Crippen molar-refractivity contribution in [3.8, 4) is 11.5 Å². The molecule has 0 saturated heterocycles. The van der Waals surface area contributed by atoms with Crippen molar-refractivity contribution in [2.75, 3.05) is 13.7 Å². The van der Waals surface area contributed by atoms with Gasteiger partial charge in [-0.05, 0) is 56.2 Å². The van der Waals surface area contributed by atoms with Crippen molar-refractivity contribution in [1.82, 2.24) is 10.2 Å². The number of allylic oxidation sites excluding steroid dienone is 1. The maximum absolute atomic E-state index is 12.4. The maximum Gasteiger partial charge on any atom is 0.173 e. The highest BCUT2D eigenvalue weighted by Crippen LogP contribution is 2.36. The Hall–Kier alpha value is -2.86. The van der Waals surface area contributed by atoms with Crippen LogP contribution in [0, 0.1) is 0 Å². The Balaban J connectivity index is 1.92. The molecule has 0 fully saturated rings. The van der Waals surface area contributed by atoms with Crippen LogP contribution >= 0.6 is 12.2 Å². The van der Waals surface area contributed by atoms with E-state index in [9.17, 15) is 4.79 Å². The van der Waals surface area contributed by atoms with Gasteiger partial charge >= 0.3 is 0 Å². The molecule has 1 aliphatic rings. The summed E-state index contributed by atoms with van der Waals surface area (Å²) in [5.74, 6) is 1.32. The first kappa shape index (κ1) is 20.9. The van der Waals surface area contributed by atoms with Gasteiger partial charge in [0.25, 0.3) is 0 Å². The molecule has 0 unspecified atom stereocenters. The van der Waals surface area contributed by atoms with Gasteiger partial charge in [-0.1, -0.05) is 36.4 Å². The Kier molecular flexibility index (Phi) is 6.54. The van der Waals surface area contributed by atoms with E-state index in [1.54, 1.807) is 6.92 Å². The third-order valence-corrected chi connectivity index (χ3v) is 5.36. The molecule has 5 nitrogen and oxygen atoms in total. The van der Waals surface area contributed by atoms with Gasteiger partial charge in [0, 0.05) is 18.3 Å². The second-order valence-corrected chi connectivity index (χ2v) is 7.30. The van der Waals surface area contributed by atoms with Gasteiger partial charge in [-0.2, -0.15) is 0 Å². The highest BCUT2D eigenvalue weighted by molar-refractivity contribution is 7.80. The van der Waals surface area contributed by atoms with E-state index < -0.39 is 0 Å². The molecule has 3 rings (SSSR count). The molecule has 0 radical (unpaired) electrons. The van der Waals surface area contributed by atoms with E-state index >= 15 is 0 Å². The van der Waals surface area contributed by atoms with E-state index in [2.05, 4.69) is 5.32 Å². The van der Waals surface area contributed by atoms with E-state index in [1.165, 1.54) is 0 Å². The molecule has 2 aromatic carbocycles. The van der Waals surface area contributed by atoms with E-state index in [0.717, 1.165) is 16.8 Å². The van der Waals surface area contributed by atoms with Gasteiger partial charge in [0.15, 0.2) is 22.4 Å². The Labute approximate surface area is 177 Å². The van der Waals surface area contributed by atoms with Crippen LogP contribution in [0.2, 0.25) is 0 Å². The van der Waals surface area contributed by atoms with Crippen LogP contribution in [0.1, 0.15) is 37.9 Å². The van der Waals surface area contributed by atoms with Crippen molar-refractivity contribution in [3.63, 3.8) is 0 Å². The Morgan fingerprint density at radius 2 is 1.86 bits per heavy atom. The van der Waals surface area contributed by atoms with Crippen LogP contribution in [0.15, 0.2) is 59.8 Å². The van der Waals surface area contributed by atoms with Crippen LogP contribution in [0.4, 0.5) is 0 Å². The van der Waals surface area contributed by atoms with E-state index in [0.29, 0.717) is 35.4 Å². The fourth-order valence-electron chi connectivity index (χ4n) is 3.37. The summed E-state index contributed by atoms with van der Waals surface area (Å²) in [5.41, 5.74) is 3.54. The second kappa shape index (κ2) is 9.09. The summed E-state index contributed by atoms with van der Waals surface area (Å²) in [6, 6.07) is 15.4. The molecule has 0 amide bonds. The third-order valence-electron chi connectivity index (χ3n) is 4.97. The third kappa shape index (κ3) is 4.59. The minimum atomic E-state index is -0.321. The first-order valence-electron chi connectivity index (χ1n) is 9.61. The molecular formula is C23H26N2O3S. The zero-order valence-electron chi connectivity index (χ0n) is 17.2. The summed E-state index contributed by atoms with van der Waals surface area (Å²) in [7, 11) is 1.86. The lowest BCUT2D eigenvalue weighted by atomic mass is 9.92. The van der Waals surface area contributed by atoms with Gasteiger partial charge in [0.1, 0.15) is 6.61 Å². The van der Waals surface area contributed by atoms with Crippen molar-refractivity contribution < 1.29 is 14.3 Å². The molecule has 1 heterocycles. The number of ketones is 1. The summed E-state index contributed by atoms with van der Waals surface area (Å²) in [4.78, 5) is 14.2. The minimum Gasteiger partial charge on any atom is -0.490 e. The van der Waals surface area contributed by atoms with E-state index in [4.69, 9.17) is 21.7 Å². The molecule has 0 bridgehead atoms. The predicted molar refractivity (Wildman–Crippen MR) is 118 cm³/mol. The molecule has 0 aliphatic carbocycles. The molecule has 1 aliphatic heterocycles. The number of carbonyl (C=O) groups excluding carboxylic acids is 1. The molecular weight excluding hydrogens is 384 g/mol. The summed E-state index contributed by atoms with van der Waals surface area (Å²) < 4.78 is 11.8. The average molecular weight is 411 g/mol. The molecule has 29 heavy (non-hydrogen) atoms. The highest BCUT2D eigenvalue weighted by Gasteiger charge is 2.31. The zero-order valence-corrected chi connectivity index (χ0v) is 18.0. The standard InChI is InChI=1S/C23H26N2O3S/c1-5-27-20-13-18(11-12-19(20)28-14-17-9-7-6-8-10-17)22-21(16(3)26)15(2)25(4)23(29)24-22/h6-13,22H,5,14H2,1-4H3,(H,24,29)/t22-/m1/s1. The van der Waals surface area contributed by atoms with Crippen molar-refractivity contribution in [2.45, 2.75) is 33.4 Å². The molecule has 0 saturated carbocycles. The molecule has 6 heteroatoms. The van der Waals surface area contributed by atoms with Gasteiger partial charge in [-0.3, -0.25) is 4.79 Å². The van der Waals surface area contributed by atoms with Crippen LogP contribution in [0.5, 0.6) is 11.5 Å². The van der Waals surface area contributed by atoms with Gasteiger partial charge in [0.2, 0.25) is 0 Å². The fourth-order valence-corrected chi connectivity index (χ4v) is 3.62. The highest BCUT2D eigenvalue weighted by atomic mass is 32.1. The molecule has 152 valence electrons. The van der Waals surface area contributed by atoms with Gasteiger partial charge in [-0.15, -0.1) is 0 Å². The number of benzene rings is 2. The number of thiocarbonyl (C=S) groups is 1. The number of nitrogens with one attached hydrogen (secondary N) is 1. The van der Waals surface area contributed by atoms with Crippen LogP contribution in [-0.2, 0) is 11.4 Å². The largest absolute Gasteiger partial charge is 0.490 e. The van der Waals surface area contributed by atoms with Crippen LogP contribution < -0.4 is 14.8 Å². The minimum absolute atomic E-state index is 0.0108.